The molecule has 0 unspecified atom stereocenters. The summed E-state index contributed by atoms with van der Waals surface area (Å²) in [6, 6.07) is -0.823. The third-order valence-electron chi connectivity index (χ3n) is 2.20. The van der Waals surface area contributed by atoms with Crippen LogP contribution in [0.2, 0.25) is 0 Å². The van der Waals surface area contributed by atoms with Gasteiger partial charge in [0.25, 0.3) is 0 Å². The Hall–Kier alpha value is -1.84. The predicted octanol–water partition coefficient (Wildman–Crippen LogP) is 0.561. The molecule has 0 aliphatic heterocycles. The van der Waals surface area contributed by atoms with Crippen molar-refractivity contribution in [1.82, 2.24) is 15.5 Å². The van der Waals surface area contributed by atoms with Crippen LogP contribution in [0.25, 0.3) is 0 Å². The lowest BCUT2D eigenvalue weighted by atomic mass is 10.3. The average molecular weight is 313 g/mol. The number of hydrogen-bond donors (Lipinski definition) is 3. The molecule has 0 heterocycles. The summed E-state index contributed by atoms with van der Waals surface area (Å²) in [5.41, 5.74) is 0. The van der Waals surface area contributed by atoms with Gasteiger partial charge in [-0.25, -0.2) is 4.79 Å². The first kappa shape index (κ1) is 19.2. The molecular formula is C11H18F3N3O4. The lowest BCUT2D eigenvalue weighted by molar-refractivity contribution is -0.155. The van der Waals surface area contributed by atoms with Gasteiger partial charge in [0, 0.05) is 6.54 Å². The minimum absolute atomic E-state index is 0.330. The number of aliphatic carboxylic acids is 1. The van der Waals surface area contributed by atoms with Crippen LogP contribution in [0.4, 0.5) is 18.0 Å². The molecule has 0 atom stereocenters. The first-order chi connectivity index (χ1) is 9.64. The summed E-state index contributed by atoms with van der Waals surface area (Å²) >= 11 is 0. The zero-order valence-corrected chi connectivity index (χ0v) is 11.5. The number of carbonyl (C=O) groups excluding carboxylic acids is 2. The molecule has 21 heavy (non-hydrogen) atoms. The van der Waals surface area contributed by atoms with E-state index in [1.165, 1.54) is 0 Å². The maximum absolute atomic E-state index is 12.2. The van der Waals surface area contributed by atoms with E-state index in [9.17, 15) is 27.6 Å². The largest absolute Gasteiger partial charge is 0.480 e. The molecule has 0 spiro atoms. The second-order valence-electron chi connectivity index (χ2n) is 4.31. The summed E-state index contributed by atoms with van der Waals surface area (Å²) in [6.45, 7) is -1.12. The SMILES string of the molecule is CCCCNC(=O)NC(=O)CN(CC(=O)O)CC(F)(F)F. The molecule has 0 aliphatic rings. The number of carboxylic acid groups (broad SMARTS) is 1. The Kier molecular flexibility index (Phi) is 8.36. The van der Waals surface area contributed by atoms with E-state index in [-0.39, 0.29) is 0 Å². The van der Waals surface area contributed by atoms with Gasteiger partial charge in [-0.1, -0.05) is 13.3 Å². The summed E-state index contributed by atoms with van der Waals surface area (Å²) in [7, 11) is 0. The molecule has 0 fully saturated rings. The van der Waals surface area contributed by atoms with Gasteiger partial charge in [0.2, 0.25) is 5.91 Å². The minimum atomic E-state index is -4.64. The Morgan fingerprint density at radius 2 is 1.81 bits per heavy atom. The summed E-state index contributed by atoms with van der Waals surface area (Å²) in [5.74, 6) is -2.51. The lowest BCUT2D eigenvalue weighted by Gasteiger charge is -2.20. The number of amides is 3. The van der Waals surface area contributed by atoms with Crippen molar-refractivity contribution < 1.29 is 32.7 Å². The molecule has 3 amide bonds. The monoisotopic (exact) mass is 313 g/mol. The van der Waals surface area contributed by atoms with Gasteiger partial charge in [-0.3, -0.25) is 19.8 Å². The number of hydrogen-bond acceptors (Lipinski definition) is 4. The Labute approximate surface area is 119 Å². The van der Waals surface area contributed by atoms with Gasteiger partial charge in [-0.2, -0.15) is 13.2 Å². The van der Waals surface area contributed by atoms with Crippen LogP contribution in [0.1, 0.15) is 19.8 Å². The highest BCUT2D eigenvalue weighted by molar-refractivity contribution is 5.95. The van der Waals surface area contributed by atoms with Gasteiger partial charge in [-0.05, 0) is 6.42 Å². The number of unbranched alkanes of at least 4 members (excludes halogenated alkanes) is 1. The van der Waals surface area contributed by atoms with Gasteiger partial charge in [-0.15, -0.1) is 0 Å². The standard InChI is InChI=1S/C11H18F3N3O4/c1-2-3-4-15-10(21)16-8(18)5-17(6-9(19)20)7-11(12,13)14/h2-7H2,1H3,(H,19,20)(H2,15,16,18,21). The number of nitrogens with one attached hydrogen (secondary N) is 2. The van der Waals surface area contributed by atoms with E-state index < -0.39 is 43.7 Å². The van der Waals surface area contributed by atoms with Crippen LogP contribution in [0, 0.1) is 0 Å². The normalized spacial score (nSPS) is 11.3. The maximum Gasteiger partial charge on any atom is 0.401 e. The highest BCUT2D eigenvalue weighted by Gasteiger charge is 2.32. The van der Waals surface area contributed by atoms with Crippen molar-refractivity contribution in [3.63, 3.8) is 0 Å². The van der Waals surface area contributed by atoms with Crippen molar-refractivity contribution >= 4 is 17.9 Å². The van der Waals surface area contributed by atoms with Crippen molar-refractivity contribution in [2.24, 2.45) is 0 Å². The van der Waals surface area contributed by atoms with E-state index in [4.69, 9.17) is 5.11 Å². The Morgan fingerprint density at radius 3 is 2.29 bits per heavy atom. The summed E-state index contributed by atoms with van der Waals surface area (Å²) in [4.78, 5) is 33.4. The average Bonchev–Trinajstić information content (AvgIpc) is 2.25. The Balaban J connectivity index is 4.32. The molecular weight excluding hydrogens is 295 g/mol. The smallest absolute Gasteiger partial charge is 0.401 e. The molecule has 0 aromatic carbocycles. The van der Waals surface area contributed by atoms with Crippen LogP contribution in [-0.2, 0) is 9.59 Å². The van der Waals surface area contributed by atoms with E-state index in [0.717, 1.165) is 6.42 Å². The number of nitrogens with zero attached hydrogens (tertiary/aromatic N) is 1. The third-order valence-corrected chi connectivity index (χ3v) is 2.20. The zero-order chi connectivity index (χ0) is 16.5. The molecule has 0 rings (SSSR count). The fourth-order valence-corrected chi connectivity index (χ4v) is 1.40. The molecule has 122 valence electrons. The first-order valence-corrected chi connectivity index (χ1v) is 6.22. The van der Waals surface area contributed by atoms with Gasteiger partial charge < -0.3 is 10.4 Å². The van der Waals surface area contributed by atoms with Crippen molar-refractivity contribution in [3.05, 3.63) is 0 Å². The fraction of sp³-hybridized carbons (Fsp3) is 0.727. The van der Waals surface area contributed by atoms with Crippen LogP contribution >= 0.6 is 0 Å². The summed E-state index contributed by atoms with van der Waals surface area (Å²) in [5, 5.41) is 12.7. The molecule has 7 nitrogen and oxygen atoms in total. The van der Waals surface area contributed by atoms with Crippen molar-refractivity contribution in [2.45, 2.75) is 25.9 Å². The molecule has 0 aromatic rings. The van der Waals surface area contributed by atoms with E-state index in [2.05, 4.69) is 5.32 Å². The van der Waals surface area contributed by atoms with Crippen LogP contribution in [0.15, 0.2) is 0 Å². The first-order valence-electron chi connectivity index (χ1n) is 6.22. The second-order valence-corrected chi connectivity index (χ2v) is 4.31. The molecule has 3 N–H and O–H groups in total. The molecule has 0 aliphatic carbocycles. The molecule has 0 saturated carbocycles. The Bertz CT molecular complexity index is 374. The second kappa shape index (κ2) is 9.16. The molecule has 0 bridgehead atoms. The van der Waals surface area contributed by atoms with Gasteiger partial charge in [0.1, 0.15) is 0 Å². The maximum atomic E-state index is 12.2. The highest BCUT2D eigenvalue weighted by atomic mass is 19.4. The van der Waals surface area contributed by atoms with E-state index in [0.29, 0.717) is 17.9 Å². The summed E-state index contributed by atoms with van der Waals surface area (Å²) in [6.07, 6.45) is -3.12. The predicted molar refractivity (Wildman–Crippen MR) is 66.6 cm³/mol. The van der Waals surface area contributed by atoms with Gasteiger partial charge in [0.05, 0.1) is 19.6 Å². The number of carbonyl (C=O) groups is 3. The third kappa shape index (κ3) is 11.7. The minimum Gasteiger partial charge on any atom is -0.480 e. The van der Waals surface area contributed by atoms with Crippen LogP contribution in [-0.4, -0.2) is 60.3 Å². The number of carboxylic acids is 1. The number of imide groups is 1. The fourth-order valence-electron chi connectivity index (χ4n) is 1.40. The van der Waals surface area contributed by atoms with Gasteiger partial charge >= 0.3 is 18.2 Å². The molecule has 0 aromatic heterocycles. The van der Waals surface area contributed by atoms with E-state index in [1.807, 2.05) is 12.2 Å². The van der Waals surface area contributed by atoms with Crippen LogP contribution in [0.3, 0.4) is 0 Å². The van der Waals surface area contributed by atoms with Crippen molar-refractivity contribution in [1.29, 1.82) is 0 Å². The van der Waals surface area contributed by atoms with Crippen LogP contribution in [0.5, 0.6) is 0 Å². The molecule has 0 radical (unpaired) electrons. The lowest BCUT2D eigenvalue weighted by Crippen LogP contribution is -2.47. The number of alkyl halides is 3. The highest BCUT2D eigenvalue weighted by Crippen LogP contribution is 2.16. The quantitative estimate of drug-likeness (QED) is 0.569. The van der Waals surface area contributed by atoms with Gasteiger partial charge in [0.15, 0.2) is 0 Å². The van der Waals surface area contributed by atoms with Crippen molar-refractivity contribution in [3.8, 4) is 0 Å². The number of halogens is 3. The van der Waals surface area contributed by atoms with Crippen molar-refractivity contribution in [2.75, 3.05) is 26.2 Å². The van der Waals surface area contributed by atoms with Crippen LogP contribution < -0.4 is 10.6 Å². The van der Waals surface area contributed by atoms with E-state index >= 15 is 0 Å². The molecule has 0 saturated heterocycles. The number of urea groups is 1. The number of rotatable bonds is 8. The van der Waals surface area contributed by atoms with E-state index in [1.54, 1.807) is 0 Å². The molecule has 10 heteroatoms. The Morgan fingerprint density at radius 1 is 1.19 bits per heavy atom. The topological polar surface area (TPSA) is 98.7 Å². The summed E-state index contributed by atoms with van der Waals surface area (Å²) < 4.78 is 36.7. The zero-order valence-electron chi connectivity index (χ0n) is 11.5.